The quantitative estimate of drug-likeness (QED) is 0.585. The zero-order chi connectivity index (χ0) is 21.8. The molecule has 31 heavy (non-hydrogen) atoms. The largest absolute Gasteiger partial charge is 0.352 e. The van der Waals surface area contributed by atoms with Gasteiger partial charge in [-0.05, 0) is 43.0 Å². The highest BCUT2D eigenvalue weighted by Crippen LogP contribution is 2.28. The lowest BCUT2D eigenvalue weighted by atomic mass is 9.98. The summed E-state index contributed by atoms with van der Waals surface area (Å²) in [4.78, 5) is 17.7. The Morgan fingerprint density at radius 1 is 1.26 bits per heavy atom. The summed E-state index contributed by atoms with van der Waals surface area (Å²) in [6.45, 7) is 3.57. The van der Waals surface area contributed by atoms with Crippen molar-refractivity contribution >= 4 is 27.3 Å². The third-order valence-corrected chi connectivity index (χ3v) is 8.67. The molecule has 1 aromatic carbocycles. The van der Waals surface area contributed by atoms with Crippen LogP contribution in [0.3, 0.4) is 0 Å². The summed E-state index contributed by atoms with van der Waals surface area (Å²) in [5, 5.41) is 7.09. The molecular formula is C21H25N5O3S2. The van der Waals surface area contributed by atoms with Crippen molar-refractivity contribution in [1.29, 1.82) is 0 Å². The number of benzene rings is 1. The first-order valence-corrected chi connectivity index (χ1v) is 12.4. The third-order valence-electron chi connectivity index (χ3n) is 5.33. The standard InChI is InChI=1S/C21H25N5O3S2/c1-16-7-8-20(30-16)31(28,29)26-9-3-6-19(13-26)21(27)23-11-17-4-2-5-18(10-17)12-25-15-22-14-24-25/h2,4-5,7-8,10,14-15,19H,3,6,9,11-13H2,1H3,(H,23,27). The van der Waals surface area contributed by atoms with Crippen molar-refractivity contribution in [2.45, 2.75) is 37.1 Å². The number of sulfonamides is 1. The predicted molar refractivity (Wildman–Crippen MR) is 118 cm³/mol. The number of hydrogen-bond donors (Lipinski definition) is 1. The Hall–Kier alpha value is -2.56. The van der Waals surface area contributed by atoms with Gasteiger partial charge in [-0.15, -0.1) is 11.3 Å². The van der Waals surface area contributed by atoms with E-state index in [4.69, 9.17) is 0 Å². The van der Waals surface area contributed by atoms with Crippen molar-refractivity contribution in [1.82, 2.24) is 24.4 Å². The molecule has 1 aliphatic heterocycles. The van der Waals surface area contributed by atoms with E-state index in [1.807, 2.05) is 37.3 Å². The van der Waals surface area contributed by atoms with Crippen molar-refractivity contribution < 1.29 is 13.2 Å². The van der Waals surface area contributed by atoms with Crippen LogP contribution in [0.15, 0.2) is 53.3 Å². The van der Waals surface area contributed by atoms with Gasteiger partial charge in [-0.3, -0.25) is 4.79 Å². The highest BCUT2D eigenvalue weighted by molar-refractivity contribution is 7.91. The van der Waals surface area contributed by atoms with Gasteiger partial charge in [0, 0.05) is 24.5 Å². The summed E-state index contributed by atoms with van der Waals surface area (Å²) in [5.74, 6) is -0.452. The van der Waals surface area contributed by atoms with E-state index in [0.717, 1.165) is 16.0 Å². The SMILES string of the molecule is Cc1ccc(S(=O)(=O)N2CCCC(C(=O)NCc3cccc(Cn4cncn4)c3)C2)s1. The number of thiophene rings is 1. The molecule has 10 heteroatoms. The van der Waals surface area contributed by atoms with E-state index in [1.54, 1.807) is 17.1 Å². The number of aromatic nitrogens is 3. The molecule has 2 aromatic heterocycles. The second-order valence-corrected chi connectivity index (χ2v) is 11.2. The number of nitrogens with zero attached hydrogens (tertiary/aromatic N) is 4. The summed E-state index contributed by atoms with van der Waals surface area (Å²) in [6.07, 6.45) is 4.52. The van der Waals surface area contributed by atoms with Gasteiger partial charge < -0.3 is 5.32 Å². The molecule has 3 aromatic rings. The highest BCUT2D eigenvalue weighted by Gasteiger charge is 2.33. The fourth-order valence-electron chi connectivity index (χ4n) is 3.73. The van der Waals surface area contributed by atoms with Crippen LogP contribution in [-0.4, -0.2) is 46.5 Å². The molecule has 8 nitrogen and oxygen atoms in total. The Labute approximate surface area is 186 Å². The van der Waals surface area contributed by atoms with E-state index >= 15 is 0 Å². The topological polar surface area (TPSA) is 97.2 Å². The molecule has 1 fully saturated rings. The Kier molecular flexibility index (Phi) is 6.49. The summed E-state index contributed by atoms with van der Waals surface area (Å²) in [5.41, 5.74) is 2.05. The first-order valence-electron chi connectivity index (χ1n) is 10.2. The lowest BCUT2D eigenvalue weighted by Crippen LogP contribution is -2.45. The van der Waals surface area contributed by atoms with Gasteiger partial charge in [-0.1, -0.05) is 24.3 Å². The molecule has 0 radical (unpaired) electrons. The monoisotopic (exact) mass is 459 g/mol. The molecular weight excluding hydrogens is 434 g/mol. The molecule has 3 heterocycles. The summed E-state index contributed by atoms with van der Waals surface area (Å²) in [7, 11) is -3.55. The third kappa shape index (κ3) is 5.20. The van der Waals surface area contributed by atoms with Crippen LogP contribution in [0, 0.1) is 12.8 Å². The van der Waals surface area contributed by atoms with Gasteiger partial charge in [0.05, 0.1) is 12.5 Å². The zero-order valence-electron chi connectivity index (χ0n) is 17.3. The zero-order valence-corrected chi connectivity index (χ0v) is 18.9. The second-order valence-electron chi connectivity index (χ2n) is 7.70. The minimum atomic E-state index is -3.55. The molecule has 1 aliphatic rings. The number of amides is 1. The number of piperidine rings is 1. The van der Waals surface area contributed by atoms with Crippen LogP contribution >= 0.6 is 11.3 Å². The van der Waals surface area contributed by atoms with Crippen LogP contribution in [0.1, 0.15) is 28.8 Å². The van der Waals surface area contributed by atoms with Gasteiger partial charge in [-0.25, -0.2) is 18.1 Å². The van der Waals surface area contributed by atoms with Crippen LogP contribution in [0.4, 0.5) is 0 Å². The van der Waals surface area contributed by atoms with Crippen LogP contribution in [0.2, 0.25) is 0 Å². The molecule has 1 amide bonds. The molecule has 4 rings (SSSR count). The van der Waals surface area contributed by atoms with Gasteiger partial charge in [-0.2, -0.15) is 9.40 Å². The van der Waals surface area contributed by atoms with Gasteiger partial charge in [0.25, 0.3) is 10.0 Å². The molecule has 0 aliphatic carbocycles. The van der Waals surface area contributed by atoms with Gasteiger partial charge >= 0.3 is 0 Å². The molecule has 0 spiro atoms. The summed E-state index contributed by atoms with van der Waals surface area (Å²) >= 11 is 1.27. The Morgan fingerprint density at radius 2 is 2.10 bits per heavy atom. The highest BCUT2D eigenvalue weighted by atomic mass is 32.2. The number of rotatable bonds is 7. The first-order chi connectivity index (χ1) is 14.9. The van der Waals surface area contributed by atoms with Crippen molar-refractivity contribution in [2.24, 2.45) is 5.92 Å². The lowest BCUT2D eigenvalue weighted by molar-refractivity contribution is -0.126. The number of nitrogens with one attached hydrogen (secondary N) is 1. The van der Waals surface area contributed by atoms with Gasteiger partial charge in [0.2, 0.25) is 5.91 Å². The summed E-state index contributed by atoms with van der Waals surface area (Å²) in [6, 6.07) is 11.4. The lowest BCUT2D eigenvalue weighted by Gasteiger charge is -2.30. The molecule has 1 N–H and O–H groups in total. The van der Waals surface area contributed by atoms with Gasteiger partial charge in [0.15, 0.2) is 0 Å². The van der Waals surface area contributed by atoms with Crippen molar-refractivity contribution in [3.63, 3.8) is 0 Å². The number of hydrogen-bond acceptors (Lipinski definition) is 6. The molecule has 164 valence electrons. The maximum atomic E-state index is 12.9. The molecule has 1 unspecified atom stereocenters. The normalized spacial score (nSPS) is 17.5. The number of aryl methyl sites for hydroxylation is 1. The fraction of sp³-hybridized carbons (Fsp3) is 0.381. The van der Waals surface area contributed by atoms with Crippen LogP contribution in [0.25, 0.3) is 0 Å². The average molecular weight is 460 g/mol. The van der Waals surface area contributed by atoms with E-state index in [0.29, 0.717) is 36.7 Å². The summed E-state index contributed by atoms with van der Waals surface area (Å²) < 4.78 is 29.4. The van der Waals surface area contributed by atoms with Crippen molar-refractivity contribution in [2.75, 3.05) is 13.1 Å². The fourth-order valence-corrected chi connectivity index (χ4v) is 6.69. The molecule has 0 bridgehead atoms. The minimum Gasteiger partial charge on any atom is -0.352 e. The van der Waals surface area contributed by atoms with Gasteiger partial charge in [0.1, 0.15) is 16.9 Å². The molecule has 1 saturated heterocycles. The molecule has 0 saturated carbocycles. The van der Waals surface area contributed by atoms with E-state index in [-0.39, 0.29) is 18.4 Å². The Balaban J connectivity index is 1.35. The van der Waals surface area contributed by atoms with Crippen LogP contribution in [0.5, 0.6) is 0 Å². The van der Waals surface area contributed by atoms with E-state index in [2.05, 4.69) is 15.4 Å². The Morgan fingerprint density at radius 3 is 2.84 bits per heavy atom. The van der Waals surface area contributed by atoms with Crippen molar-refractivity contribution in [3.8, 4) is 0 Å². The second kappa shape index (κ2) is 9.29. The molecule has 1 atom stereocenters. The minimum absolute atomic E-state index is 0.107. The number of carbonyl (C=O) groups excluding carboxylic acids is 1. The van der Waals surface area contributed by atoms with E-state index in [1.165, 1.54) is 22.0 Å². The van der Waals surface area contributed by atoms with Crippen LogP contribution < -0.4 is 5.32 Å². The van der Waals surface area contributed by atoms with Crippen molar-refractivity contribution in [3.05, 3.63) is 65.1 Å². The first kappa shape index (κ1) is 21.7. The van der Waals surface area contributed by atoms with E-state index < -0.39 is 10.0 Å². The maximum Gasteiger partial charge on any atom is 0.252 e. The smallest absolute Gasteiger partial charge is 0.252 e. The van der Waals surface area contributed by atoms with E-state index in [9.17, 15) is 13.2 Å². The number of carbonyl (C=O) groups is 1. The predicted octanol–water partition coefficient (Wildman–Crippen LogP) is 2.41. The Bertz CT molecular complexity index is 1140. The maximum absolute atomic E-state index is 12.9. The van der Waals surface area contributed by atoms with Crippen LogP contribution in [-0.2, 0) is 27.9 Å². The average Bonchev–Trinajstić information content (AvgIpc) is 3.44.